The minimum atomic E-state index is -0.231. The van der Waals surface area contributed by atoms with E-state index in [1.807, 2.05) is 18.7 Å². The van der Waals surface area contributed by atoms with E-state index < -0.39 is 0 Å². The third kappa shape index (κ3) is 5.75. The number of nitrogens with zero attached hydrogens (tertiary/aromatic N) is 4. The van der Waals surface area contributed by atoms with Crippen molar-refractivity contribution >= 4 is 17.8 Å². The number of rotatable bonds is 7. The van der Waals surface area contributed by atoms with E-state index in [0.29, 0.717) is 18.8 Å². The Balaban J connectivity index is 1.45. The van der Waals surface area contributed by atoms with Crippen molar-refractivity contribution in [1.29, 1.82) is 0 Å². The van der Waals surface area contributed by atoms with Crippen LogP contribution in [0.2, 0.25) is 0 Å². The topological polar surface area (TPSA) is 93.4 Å². The number of carbonyl (C=O) groups is 2. The molecule has 1 unspecified atom stereocenters. The lowest BCUT2D eigenvalue weighted by atomic mass is 10.2. The maximum Gasteiger partial charge on any atom is 0.287 e. The monoisotopic (exact) mass is 418 g/mol. The van der Waals surface area contributed by atoms with Crippen molar-refractivity contribution in [1.82, 2.24) is 25.3 Å². The van der Waals surface area contributed by atoms with Gasteiger partial charge >= 0.3 is 0 Å². The van der Waals surface area contributed by atoms with Crippen LogP contribution in [0.15, 0.2) is 27.8 Å². The van der Waals surface area contributed by atoms with Crippen LogP contribution in [0.5, 0.6) is 0 Å². The number of hydrogen-bond donors (Lipinski definition) is 2. The molecule has 0 bridgehead atoms. The van der Waals surface area contributed by atoms with E-state index in [1.54, 1.807) is 12.1 Å². The maximum atomic E-state index is 12.7. The second-order valence-electron chi connectivity index (χ2n) is 7.70. The van der Waals surface area contributed by atoms with Gasteiger partial charge in [-0.3, -0.25) is 19.5 Å². The molecule has 0 spiro atoms. The van der Waals surface area contributed by atoms with Crippen molar-refractivity contribution in [2.45, 2.75) is 32.7 Å². The number of guanidine groups is 1. The first kappa shape index (κ1) is 22.1. The van der Waals surface area contributed by atoms with E-state index >= 15 is 0 Å². The van der Waals surface area contributed by atoms with Gasteiger partial charge in [0.2, 0.25) is 5.91 Å². The largest absolute Gasteiger partial charge is 0.459 e. The van der Waals surface area contributed by atoms with E-state index in [0.717, 1.165) is 64.6 Å². The lowest BCUT2D eigenvalue weighted by Gasteiger charge is -2.39. The standard InChI is InChI=1S/C21H34N6O3/c1-3-22-21(24-9-8-23-19(28)18-7-6-16-30-18)27-14-12-25(13-15-27)17(2)20(29)26-10-4-5-11-26/h6-7,16-17H,3-5,8-15H2,1-2H3,(H,22,24)(H,23,28). The van der Waals surface area contributed by atoms with E-state index in [9.17, 15) is 9.59 Å². The van der Waals surface area contributed by atoms with Gasteiger partial charge in [0.15, 0.2) is 11.7 Å². The van der Waals surface area contributed by atoms with Gasteiger partial charge in [-0.15, -0.1) is 0 Å². The zero-order valence-corrected chi connectivity index (χ0v) is 18.1. The highest BCUT2D eigenvalue weighted by Gasteiger charge is 2.30. The summed E-state index contributed by atoms with van der Waals surface area (Å²) in [5.41, 5.74) is 0. The van der Waals surface area contributed by atoms with E-state index in [-0.39, 0.29) is 17.9 Å². The molecule has 9 heteroatoms. The molecule has 9 nitrogen and oxygen atoms in total. The van der Waals surface area contributed by atoms with Crippen LogP contribution in [0.3, 0.4) is 0 Å². The first-order valence-corrected chi connectivity index (χ1v) is 11.0. The Bertz CT molecular complexity index is 706. The van der Waals surface area contributed by atoms with Crippen LogP contribution < -0.4 is 10.6 Å². The average Bonchev–Trinajstić information content (AvgIpc) is 3.49. The van der Waals surface area contributed by atoms with E-state index in [4.69, 9.17) is 4.42 Å². The first-order valence-electron chi connectivity index (χ1n) is 11.0. The summed E-state index contributed by atoms with van der Waals surface area (Å²) >= 11 is 0. The van der Waals surface area contributed by atoms with Crippen molar-refractivity contribution < 1.29 is 14.0 Å². The highest BCUT2D eigenvalue weighted by molar-refractivity contribution is 5.91. The third-order valence-electron chi connectivity index (χ3n) is 5.68. The Morgan fingerprint density at radius 1 is 1.10 bits per heavy atom. The molecule has 2 amide bonds. The minimum absolute atomic E-state index is 0.0680. The highest BCUT2D eigenvalue weighted by atomic mass is 16.3. The minimum Gasteiger partial charge on any atom is -0.459 e. The Morgan fingerprint density at radius 3 is 2.47 bits per heavy atom. The molecule has 1 atom stereocenters. The molecular weight excluding hydrogens is 384 g/mol. The number of aliphatic imine (C=N–C) groups is 1. The van der Waals surface area contributed by atoms with E-state index in [1.165, 1.54) is 6.26 Å². The molecule has 0 saturated carbocycles. The number of piperazine rings is 1. The van der Waals surface area contributed by atoms with Crippen molar-refractivity contribution in [3.05, 3.63) is 24.2 Å². The second kappa shape index (κ2) is 11.0. The van der Waals surface area contributed by atoms with Gasteiger partial charge in [-0.05, 0) is 38.8 Å². The zero-order valence-electron chi connectivity index (χ0n) is 18.1. The summed E-state index contributed by atoms with van der Waals surface area (Å²) < 4.78 is 5.09. The summed E-state index contributed by atoms with van der Waals surface area (Å²) in [6.45, 7) is 10.9. The molecule has 0 aliphatic carbocycles. The van der Waals surface area contributed by atoms with Crippen LogP contribution in [-0.2, 0) is 4.79 Å². The normalized spacial score (nSPS) is 19.1. The zero-order chi connectivity index (χ0) is 21.3. The second-order valence-corrected chi connectivity index (χ2v) is 7.70. The molecule has 2 fully saturated rings. The number of nitrogens with one attached hydrogen (secondary N) is 2. The summed E-state index contributed by atoms with van der Waals surface area (Å²) in [7, 11) is 0. The van der Waals surface area contributed by atoms with Crippen molar-refractivity contribution in [2.24, 2.45) is 4.99 Å². The molecule has 1 aromatic rings. The van der Waals surface area contributed by atoms with E-state index in [2.05, 4.69) is 25.4 Å². The summed E-state index contributed by atoms with van der Waals surface area (Å²) in [4.78, 5) is 35.7. The summed E-state index contributed by atoms with van der Waals surface area (Å²) in [6, 6.07) is 3.26. The molecule has 2 saturated heterocycles. The van der Waals surface area contributed by atoms with Crippen molar-refractivity contribution in [3.63, 3.8) is 0 Å². The first-order chi connectivity index (χ1) is 14.6. The fourth-order valence-corrected chi connectivity index (χ4v) is 3.93. The summed E-state index contributed by atoms with van der Waals surface area (Å²) in [5.74, 6) is 1.18. The summed E-state index contributed by atoms with van der Waals surface area (Å²) in [6.07, 6.45) is 3.73. The van der Waals surface area contributed by atoms with Crippen LogP contribution in [0, 0.1) is 0 Å². The number of likely N-dealkylation sites (tertiary alicyclic amines) is 1. The van der Waals surface area contributed by atoms with Crippen LogP contribution in [0.25, 0.3) is 0 Å². The predicted octanol–water partition coefficient (Wildman–Crippen LogP) is 0.603. The fourth-order valence-electron chi connectivity index (χ4n) is 3.93. The van der Waals surface area contributed by atoms with Gasteiger partial charge < -0.3 is 24.9 Å². The Kier molecular flexibility index (Phi) is 8.12. The molecule has 1 aromatic heterocycles. The number of carbonyl (C=O) groups excluding carboxylic acids is 2. The maximum absolute atomic E-state index is 12.7. The van der Waals surface area contributed by atoms with Gasteiger partial charge in [0.05, 0.1) is 18.8 Å². The van der Waals surface area contributed by atoms with Crippen molar-refractivity contribution in [3.8, 4) is 0 Å². The molecule has 0 aromatic carbocycles. The van der Waals surface area contributed by atoms with Gasteiger partial charge in [-0.25, -0.2) is 0 Å². The molecule has 30 heavy (non-hydrogen) atoms. The Morgan fingerprint density at radius 2 is 1.83 bits per heavy atom. The van der Waals surface area contributed by atoms with Crippen LogP contribution in [-0.4, -0.2) is 97.4 Å². The third-order valence-corrected chi connectivity index (χ3v) is 5.68. The SMILES string of the molecule is CCNC(=NCCNC(=O)c1ccco1)N1CCN(C(C)C(=O)N2CCCC2)CC1. The summed E-state index contributed by atoms with van der Waals surface area (Å²) in [5, 5.41) is 6.14. The Hall–Kier alpha value is -2.55. The molecule has 3 heterocycles. The average molecular weight is 419 g/mol. The molecule has 0 radical (unpaired) electrons. The molecule has 2 N–H and O–H groups in total. The number of hydrogen-bond acceptors (Lipinski definition) is 5. The van der Waals surface area contributed by atoms with Crippen LogP contribution >= 0.6 is 0 Å². The molecular formula is C21H34N6O3. The molecule has 2 aliphatic rings. The number of amides is 2. The van der Waals surface area contributed by atoms with Gasteiger partial charge in [0.1, 0.15) is 0 Å². The quantitative estimate of drug-likeness (QED) is 0.383. The van der Waals surface area contributed by atoms with Gasteiger partial charge in [0, 0.05) is 52.4 Å². The van der Waals surface area contributed by atoms with Gasteiger partial charge in [-0.2, -0.15) is 0 Å². The molecule has 166 valence electrons. The van der Waals surface area contributed by atoms with Crippen LogP contribution in [0.4, 0.5) is 0 Å². The highest BCUT2D eigenvalue weighted by Crippen LogP contribution is 2.14. The molecule has 2 aliphatic heterocycles. The van der Waals surface area contributed by atoms with Crippen LogP contribution in [0.1, 0.15) is 37.2 Å². The fraction of sp³-hybridized carbons (Fsp3) is 0.667. The number of furan rings is 1. The smallest absolute Gasteiger partial charge is 0.287 e. The lowest BCUT2D eigenvalue weighted by Crippen LogP contribution is -2.57. The van der Waals surface area contributed by atoms with Gasteiger partial charge in [0.25, 0.3) is 5.91 Å². The predicted molar refractivity (Wildman–Crippen MR) is 115 cm³/mol. The Labute approximate surface area is 178 Å². The van der Waals surface area contributed by atoms with Crippen molar-refractivity contribution in [2.75, 3.05) is 58.9 Å². The molecule has 3 rings (SSSR count). The van der Waals surface area contributed by atoms with Gasteiger partial charge in [-0.1, -0.05) is 0 Å². The lowest BCUT2D eigenvalue weighted by molar-refractivity contribution is -0.135.